The number of likely N-dealkylation sites (tertiary alicyclic amines) is 1. The lowest BCUT2D eigenvalue weighted by atomic mass is 9.93. The van der Waals surface area contributed by atoms with Gasteiger partial charge in [0, 0.05) is 30.7 Å². The van der Waals surface area contributed by atoms with Crippen molar-refractivity contribution < 1.29 is 31.1 Å². The Hall–Kier alpha value is -1.85. The fourth-order valence-corrected chi connectivity index (χ4v) is 7.93. The van der Waals surface area contributed by atoms with E-state index in [1.54, 1.807) is 0 Å². The van der Waals surface area contributed by atoms with E-state index in [1.165, 1.54) is 4.31 Å². The monoisotopic (exact) mass is 531 g/mol. The molecule has 0 N–H and O–H groups in total. The summed E-state index contributed by atoms with van der Waals surface area (Å²) >= 11 is 0. The summed E-state index contributed by atoms with van der Waals surface area (Å²) in [5, 5.41) is 0. The summed E-state index contributed by atoms with van der Waals surface area (Å²) in [7, 11) is -3.91. The summed E-state index contributed by atoms with van der Waals surface area (Å²) in [5.41, 5.74) is -0.861. The van der Waals surface area contributed by atoms with Crippen LogP contribution in [0.15, 0.2) is 29.2 Å². The molecule has 3 heterocycles. The minimum atomic E-state index is -4.51. The van der Waals surface area contributed by atoms with Crippen LogP contribution in [0.3, 0.4) is 0 Å². The molecule has 2 bridgehead atoms. The average molecular weight is 532 g/mol. The van der Waals surface area contributed by atoms with E-state index in [2.05, 4.69) is 4.90 Å². The topological polar surface area (TPSA) is 70.2 Å². The Morgan fingerprint density at radius 1 is 1.00 bits per heavy atom. The van der Waals surface area contributed by atoms with Crippen LogP contribution in [-0.2, 0) is 20.9 Å². The molecule has 0 aromatic heterocycles. The fraction of sp³-hybridized carbons (Fsp3) is 0.720. The smallest absolute Gasteiger partial charge is 0.416 e. The number of hydrogen-bond donors (Lipinski definition) is 0. The number of piperidine rings is 2. The normalized spacial score (nSPS) is 25.9. The van der Waals surface area contributed by atoms with Crippen LogP contribution in [0.1, 0.15) is 64.4 Å². The lowest BCUT2D eigenvalue weighted by Crippen LogP contribution is -2.55. The fourth-order valence-electron chi connectivity index (χ4n) is 6.15. The van der Waals surface area contributed by atoms with Crippen molar-refractivity contribution in [3.63, 3.8) is 0 Å². The van der Waals surface area contributed by atoms with E-state index in [4.69, 9.17) is 4.74 Å². The van der Waals surface area contributed by atoms with Gasteiger partial charge in [0.1, 0.15) is 0 Å². The highest BCUT2D eigenvalue weighted by molar-refractivity contribution is 7.89. The van der Waals surface area contributed by atoms with Crippen LogP contribution in [0, 0.1) is 0 Å². The van der Waals surface area contributed by atoms with Crippen LogP contribution in [0.2, 0.25) is 0 Å². The van der Waals surface area contributed by atoms with Crippen LogP contribution in [0.5, 0.6) is 0 Å². The molecule has 0 saturated carbocycles. The highest BCUT2D eigenvalue weighted by Gasteiger charge is 2.46. The maximum absolute atomic E-state index is 13.4. The Labute approximate surface area is 211 Å². The molecule has 1 aromatic rings. The van der Waals surface area contributed by atoms with Crippen molar-refractivity contribution in [1.29, 1.82) is 0 Å². The molecule has 202 valence electrons. The molecule has 3 saturated heterocycles. The van der Waals surface area contributed by atoms with Crippen LogP contribution in [-0.4, -0.2) is 79.0 Å². The molecule has 1 amide bonds. The highest BCUT2D eigenvalue weighted by atomic mass is 32.2. The van der Waals surface area contributed by atoms with E-state index >= 15 is 0 Å². The number of nitrogens with zero attached hydrogens (tertiary/aromatic N) is 3. The average Bonchev–Trinajstić information content (AvgIpc) is 3.11. The lowest BCUT2D eigenvalue weighted by Gasteiger charge is -2.46. The number of hydrogen-bond acceptors (Lipinski definition) is 5. The molecule has 11 heteroatoms. The molecule has 3 aliphatic rings. The summed E-state index contributed by atoms with van der Waals surface area (Å²) in [6.45, 7) is 5.94. The number of rotatable bonds is 7. The van der Waals surface area contributed by atoms with Crippen LogP contribution in [0.25, 0.3) is 0 Å². The van der Waals surface area contributed by atoms with Gasteiger partial charge in [0.05, 0.1) is 17.1 Å². The van der Waals surface area contributed by atoms with Gasteiger partial charge in [-0.15, -0.1) is 0 Å². The first-order valence-electron chi connectivity index (χ1n) is 12.9. The van der Waals surface area contributed by atoms with E-state index in [0.29, 0.717) is 38.5 Å². The first kappa shape index (κ1) is 27.2. The number of amides is 1. The van der Waals surface area contributed by atoms with Crippen LogP contribution in [0.4, 0.5) is 18.0 Å². The second-order valence-corrected chi connectivity index (χ2v) is 11.9. The van der Waals surface area contributed by atoms with Gasteiger partial charge in [0.15, 0.2) is 0 Å². The van der Waals surface area contributed by atoms with E-state index in [-0.39, 0.29) is 29.1 Å². The molecule has 3 aliphatic heterocycles. The van der Waals surface area contributed by atoms with E-state index in [9.17, 15) is 26.4 Å². The van der Waals surface area contributed by atoms with Crippen LogP contribution >= 0.6 is 0 Å². The summed E-state index contributed by atoms with van der Waals surface area (Å²) in [6.07, 6.45) is 1.04. The third-order valence-corrected chi connectivity index (χ3v) is 9.81. The van der Waals surface area contributed by atoms with Gasteiger partial charge in [-0.05, 0) is 89.2 Å². The maximum atomic E-state index is 13.4. The van der Waals surface area contributed by atoms with Gasteiger partial charge in [-0.25, -0.2) is 13.2 Å². The minimum absolute atomic E-state index is 0.103. The SMILES string of the molecule is CCCN(C1CCN(C2CC3CCC(C2)N3C(=O)OCC)CC1)S(=O)(=O)c1ccc(C(F)(F)F)cc1. The van der Waals surface area contributed by atoms with Crippen molar-refractivity contribution in [2.45, 2.75) is 94.0 Å². The number of halogens is 3. The van der Waals surface area contributed by atoms with Gasteiger partial charge in [-0.1, -0.05) is 6.92 Å². The second-order valence-electron chi connectivity index (χ2n) is 10.0. The van der Waals surface area contributed by atoms with Crippen molar-refractivity contribution in [3.05, 3.63) is 29.8 Å². The zero-order valence-corrected chi connectivity index (χ0v) is 21.7. The zero-order valence-electron chi connectivity index (χ0n) is 20.9. The molecule has 36 heavy (non-hydrogen) atoms. The van der Waals surface area contributed by atoms with Gasteiger partial charge >= 0.3 is 12.3 Å². The largest absolute Gasteiger partial charge is 0.450 e. The Morgan fingerprint density at radius 3 is 2.08 bits per heavy atom. The number of fused-ring (bicyclic) bond motifs is 2. The highest BCUT2D eigenvalue weighted by Crippen LogP contribution is 2.39. The first-order chi connectivity index (χ1) is 17.1. The summed E-state index contributed by atoms with van der Waals surface area (Å²) < 4.78 is 72.3. The predicted octanol–water partition coefficient (Wildman–Crippen LogP) is 4.72. The molecule has 2 unspecified atom stereocenters. The quantitative estimate of drug-likeness (QED) is 0.509. The predicted molar refractivity (Wildman–Crippen MR) is 129 cm³/mol. The van der Waals surface area contributed by atoms with E-state index < -0.39 is 21.8 Å². The zero-order chi connectivity index (χ0) is 26.1. The minimum Gasteiger partial charge on any atom is -0.450 e. The standard InChI is InChI=1S/C25H36F3N3O4S/c1-3-13-30(36(33,34)23-9-5-18(6-10-23)25(26,27)28)19-11-14-29(15-12-19)22-16-20-7-8-21(17-22)31(20)24(32)35-4-2/h5-6,9-10,19-22H,3-4,7-8,11-17H2,1-2H3. The second kappa shape index (κ2) is 10.9. The number of carbonyl (C=O) groups excluding carboxylic acids is 1. The summed E-state index contributed by atoms with van der Waals surface area (Å²) in [4.78, 5) is 16.6. The molecule has 4 rings (SSSR count). The molecule has 0 aliphatic carbocycles. The Morgan fingerprint density at radius 2 is 1.58 bits per heavy atom. The Balaban J connectivity index is 1.40. The van der Waals surface area contributed by atoms with Gasteiger partial charge in [0.25, 0.3) is 0 Å². The van der Waals surface area contributed by atoms with E-state index in [0.717, 1.165) is 63.0 Å². The number of benzene rings is 1. The number of sulfonamides is 1. The van der Waals surface area contributed by atoms with Crippen molar-refractivity contribution >= 4 is 16.1 Å². The maximum Gasteiger partial charge on any atom is 0.416 e. The van der Waals surface area contributed by atoms with Gasteiger partial charge in [0.2, 0.25) is 10.0 Å². The molecular weight excluding hydrogens is 495 g/mol. The third kappa shape index (κ3) is 5.52. The summed E-state index contributed by atoms with van der Waals surface area (Å²) in [5.74, 6) is 0. The van der Waals surface area contributed by atoms with Crippen LogP contribution < -0.4 is 0 Å². The van der Waals surface area contributed by atoms with Gasteiger partial charge in [-0.3, -0.25) is 0 Å². The van der Waals surface area contributed by atoms with Crippen molar-refractivity contribution in [2.75, 3.05) is 26.2 Å². The lowest BCUT2D eigenvalue weighted by molar-refractivity contribution is -0.137. The molecule has 7 nitrogen and oxygen atoms in total. The number of alkyl halides is 3. The Kier molecular flexibility index (Phi) is 8.21. The van der Waals surface area contributed by atoms with Crippen molar-refractivity contribution in [2.24, 2.45) is 0 Å². The van der Waals surface area contributed by atoms with Gasteiger partial charge in [-0.2, -0.15) is 17.5 Å². The Bertz CT molecular complexity index is 996. The first-order valence-corrected chi connectivity index (χ1v) is 14.4. The molecule has 0 spiro atoms. The molecular formula is C25H36F3N3O4S. The van der Waals surface area contributed by atoms with Crippen molar-refractivity contribution in [1.82, 2.24) is 14.1 Å². The summed E-state index contributed by atoms with van der Waals surface area (Å²) in [6, 6.07) is 4.34. The van der Waals surface area contributed by atoms with E-state index in [1.807, 2.05) is 18.7 Å². The molecule has 1 aromatic carbocycles. The molecule has 2 atom stereocenters. The molecule has 3 fully saturated rings. The molecule has 0 radical (unpaired) electrons. The number of ether oxygens (including phenoxy) is 1. The third-order valence-electron chi connectivity index (χ3n) is 7.84. The van der Waals surface area contributed by atoms with Gasteiger partial charge < -0.3 is 14.5 Å². The van der Waals surface area contributed by atoms with Crippen molar-refractivity contribution in [3.8, 4) is 0 Å². The number of carbonyl (C=O) groups is 1.